The van der Waals surface area contributed by atoms with E-state index in [0.717, 1.165) is 32.6 Å². The van der Waals surface area contributed by atoms with E-state index in [4.69, 9.17) is 0 Å². The Morgan fingerprint density at radius 2 is 1.81 bits per heavy atom. The molecule has 1 aliphatic heterocycles. The Hall–Kier alpha value is -1.71. The lowest BCUT2D eigenvalue weighted by molar-refractivity contribution is 0.203. The summed E-state index contributed by atoms with van der Waals surface area (Å²) in [5, 5.41) is 3.58. The Balaban J connectivity index is 1.55. The number of piperazine rings is 1. The first-order chi connectivity index (χ1) is 10.3. The summed E-state index contributed by atoms with van der Waals surface area (Å²) in [6.45, 7) is 4.15. The van der Waals surface area contributed by atoms with Gasteiger partial charge >= 0.3 is 0 Å². The van der Waals surface area contributed by atoms with Crippen LogP contribution >= 0.6 is 0 Å². The first-order valence-corrected chi connectivity index (χ1v) is 7.56. The zero-order chi connectivity index (χ0) is 14.5. The third kappa shape index (κ3) is 3.90. The van der Waals surface area contributed by atoms with E-state index < -0.39 is 0 Å². The van der Waals surface area contributed by atoms with Gasteiger partial charge in [0.25, 0.3) is 0 Å². The Kier molecular flexibility index (Phi) is 4.63. The van der Waals surface area contributed by atoms with Crippen molar-refractivity contribution in [1.82, 2.24) is 10.2 Å². The third-order valence-electron chi connectivity index (χ3n) is 4.09. The van der Waals surface area contributed by atoms with Crippen LogP contribution in [0.4, 0.5) is 4.39 Å². The Morgan fingerprint density at radius 3 is 2.57 bits per heavy atom. The highest BCUT2D eigenvalue weighted by molar-refractivity contribution is 5.20. The summed E-state index contributed by atoms with van der Waals surface area (Å²) in [4.78, 5) is 2.48. The second kappa shape index (κ2) is 6.83. The van der Waals surface area contributed by atoms with E-state index in [2.05, 4.69) is 40.5 Å². The van der Waals surface area contributed by atoms with E-state index in [1.165, 1.54) is 11.1 Å². The average molecular weight is 284 g/mol. The molecule has 0 saturated carbocycles. The molecule has 1 heterocycles. The van der Waals surface area contributed by atoms with Gasteiger partial charge in [0, 0.05) is 32.2 Å². The van der Waals surface area contributed by atoms with Crippen molar-refractivity contribution in [2.24, 2.45) is 0 Å². The monoisotopic (exact) mass is 284 g/mol. The van der Waals surface area contributed by atoms with E-state index in [-0.39, 0.29) is 5.82 Å². The van der Waals surface area contributed by atoms with E-state index in [1.54, 1.807) is 12.1 Å². The van der Waals surface area contributed by atoms with Crippen molar-refractivity contribution in [3.05, 3.63) is 71.5 Å². The van der Waals surface area contributed by atoms with Crippen LogP contribution in [-0.4, -0.2) is 31.1 Å². The molecular weight excluding hydrogens is 263 g/mol. The molecule has 110 valence electrons. The summed E-state index contributed by atoms with van der Waals surface area (Å²) in [5.74, 6) is -0.162. The van der Waals surface area contributed by atoms with Crippen LogP contribution in [0.5, 0.6) is 0 Å². The molecule has 1 atom stereocenters. The van der Waals surface area contributed by atoms with Gasteiger partial charge in [-0.3, -0.25) is 4.90 Å². The summed E-state index contributed by atoms with van der Waals surface area (Å²) >= 11 is 0. The van der Waals surface area contributed by atoms with Crippen molar-refractivity contribution in [3.63, 3.8) is 0 Å². The first-order valence-electron chi connectivity index (χ1n) is 7.56. The smallest absolute Gasteiger partial charge is 0.123 e. The van der Waals surface area contributed by atoms with Crippen LogP contribution in [0.15, 0.2) is 54.6 Å². The summed E-state index contributed by atoms with van der Waals surface area (Å²) in [6.07, 6.45) is 0.974. The summed E-state index contributed by atoms with van der Waals surface area (Å²) < 4.78 is 12.9. The van der Waals surface area contributed by atoms with E-state index in [0.29, 0.717) is 6.04 Å². The van der Waals surface area contributed by atoms with Gasteiger partial charge < -0.3 is 5.32 Å². The molecule has 2 nitrogen and oxygen atoms in total. The SMILES string of the molecule is Fc1ccc(CCN2CCNC(c3ccccc3)C2)cc1. The lowest BCUT2D eigenvalue weighted by Gasteiger charge is -2.34. The summed E-state index contributed by atoms with van der Waals surface area (Å²) in [5.41, 5.74) is 2.55. The third-order valence-corrected chi connectivity index (χ3v) is 4.09. The Bertz CT molecular complexity index is 553. The van der Waals surface area contributed by atoms with Crippen molar-refractivity contribution >= 4 is 0 Å². The molecule has 3 rings (SSSR count). The molecule has 0 radical (unpaired) electrons. The molecule has 21 heavy (non-hydrogen) atoms. The van der Waals surface area contributed by atoms with Crippen molar-refractivity contribution in [1.29, 1.82) is 0 Å². The highest BCUT2D eigenvalue weighted by Crippen LogP contribution is 2.17. The second-order valence-electron chi connectivity index (χ2n) is 5.59. The first kappa shape index (κ1) is 14.2. The number of hydrogen-bond donors (Lipinski definition) is 1. The maximum Gasteiger partial charge on any atom is 0.123 e. The molecule has 2 aromatic carbocycles. The minimum atomic E-state index is -0.162. The van der Waals surface area contributed by atoms with Crippen LogP contribution in [0.2, 0.25) is 0 Å². The predicted molar refractivity (Wildman–Crippen MR) is 83.7 cm³/mol. The van der Waals surface area contributed by atoms with Crippen molar-refractivity contribution in [3.8, 4) is 0 Å². The van der Waals surface area contributed by atoms with E-state index in [1.807, 2.05) is 12.1 Å². The van der Waals surface area contributed by atoms with Crippen LogP contribution < -0.4 is 5.32 Å². The van der Waals surface area contributed by atoms with E-state index >= 15 is 0 Å². The number of hydrogen-bond acceptors (Lipinski definition) is 2. The van der Waals surface area contributed by atoms with Crippen LogP contribution in [0.25, 0.3) is 0 Å². The highest BCUT2D eigenvalue weighted by atomic mass is 19.1. The van der Waals surface area contributed by atoms with Crippen molar-refractivity contribution in [2.45, 2.75) is 12.5 Å². The molecular formula is C18H21FN2. The van der Waals surface area contributed by atoms with Gasteiger partial charge in [0.2, 0.25) is 0 Å². The number of halogens is 1. The fourth-order valence-corrected chi connectivity index (χ4v) is 2.86. The molecule has 0 amide bonds. The molecule has 1 N–H and O–H groups in total. The second-order valence-corrected chi connectivity index (χ2v) is 5.59. The number of benzene rings is 2. The fourth-order valence-electron chi connectivity index (χ4n) is 2.86. The maximum absolute atomic E-state index is 12.9. The minimum Gasteiger partial charge on any atom is -0.308 e. The predicted octanol–water partition coefficient (Wildman–Crippen LogP) is 3.01. The Labute approximate surface area is 125 Å². The molecule has 0 bridgehead atoms. The van der Waals surface area contributed by atoms with Gasteiger partial charge in [0.15, 0.2) is 0 Å². The number of nitrogens with one attached hydrogen (secondary N) is 1. The normalized spacial score (nSPS) is 19.6. The standard InChI is InChI=1S/C18H21FN2/c19-17-8-6-15(7-9-17)10-12-21-13-11-20-18(14-21)16-4-2-1-3-5-16/h1-9,18,20H,10-14H2. The van der Waals surface area contributed by atoms with Crippen LogP contribution in [-0.2, 0) is 6.42 Å². The molecule has 1 saturated heterocycles. The lowest BCUT2D eigenvalue weighted by Crippen LogP contribution is -2.46. The summed E-state index contributed by atoms with van der Waals surface area (Å²) in [6, 6.07) is 17.9. The van der Waals surface area contributed by atoms with Gasteiger partial charge in [-0.1, -0.05) is 42.5 Å². The van der Waals surface area contributed by atoms with Gasteiger partial charge in [-0.05, 0) is 29.7 Å². The average Bonchev–Trinajstić information content (AvgIpc) is 2.55. The molecule has 1 aliphatic rings. The van der Waals surface area contributed by atoms with E-state index in [9.17, 15) is 4.39 Å². The molecule has 0 aromatic heterocycles. The minimum absolute atomic E-state index is 0.162. The van der Waals surface area contributed by atoms with Gasteiger partial charge in [-0.25, -0.2) is 4.39 Å². The van der Waals surface area contributed by atoms with Gasteiger partial charge in [-0.2, -0.15) is 0 Å². The molecule has 2 aromatic rings. The van der Waals surface area contributed by atoms with Gasteiger partial charge in [0.1, 0.15) is 5.82 Å². The molecule has 1 fully saturated rings. The van der Waals surface area contributed by atoms with Gasteiger partial charge in [0.05, 0.1) is 0 Å². The molecule has 0 aliphatic carbocycles. The quantitative estimate of drug-likeness (QED) is 0.928. The van der Waals surface area contributed by atoms with Crippen LogP contribution in [0, 0.1) is 5.82 Å². The number of nitrogens with zero attached hydrogens (tertiary/aromatic N) is 1. The van der Waals surface area contributed by atoms with Crippen molar-refractivity contribution < 1.29 is 4.39 Å². The Morgan fingerprint density at radius 1 is 1.05 bits per heavy atom. The largest absolute Gasteiger partial charge is 0.308 e. The zero-order valence-corrected chi connectivity index (χ0v) is 12.1. The van der Waals surface area contributed by atoms with Crippen molar-refractivity contribution in [2.75, 3.05) is 26.2 Å². The van der Waals surface area contributed by atoms with Crippen LogP contribution in [0.1, 0.15) is 17.2 Å². The maximum atomic E-state index is 12.9. The summed E-state index contributed by atoms with van der Waals surface area (Å²) in [7, 11) is 0. The topological polar surface area (TPSA) is 15.3 Å². The fraction of sp³-hybridized carbons (Fsp3) is 0.333. The number of rotatable bonds is 4. The molecule has 0 spiro atoms. The molecule has 1 unspecified atom stereocenters. The highest BCUT2D eigenvalue weighted by Gasteiger charge is 2.19. The molecule has 3 heteroatoms. The zero-order valence-electron chi connectivity index (χ0n) is 12.1. The van der Waals surface area contributed by atoms with Crippen LogP contribution in [0.3, 0.4) is 0 Å². The lowest BCUT2D eigenvalue weighted by atomic mass is 10.0. The van der Waals surface area contributed by atoms with Gasteiger partial charge in [-0.15, -0.1) is 0 Å².